The normalized spacial score (nSPS) is 23.3. The molecule has 4 nitrogen and oxygen atoms in total. The van der Waals surface area contributed by atoms with Gasteiger partial charge >= 0.3 is 0 Å². The Bertz CT molecular complexity index is 371. The molecule has 0 spiro atoms. The van der Waals surface area contributed by atoms with Crippen LogP contribution in [0.2, 0.25) is 0 Å². The molecule has 1 fully saturated rings. The minimum absolute atomic E-state index is 0.398. The molecule has 2 rings (SSSR count). The maximum Gasteiger partial charge on any atom is 0.225 e. The van der Waals surface area contributed by atoms with E-state index in [0.29, 0.717) is 18.6 Å². The van der Waals surface area contributed by atoms with Crippen LogP contribution in [-0.2, 0) is 4.74 Å². The first kappa shape index (κ1) is 13.2. The van der Waals surface area contributed by atoms with Gasteiger partial charge in [-0.25, -0.2) is 14.4 Å². The summed E-state index contributed by atoms with van der Waals surface area (Å²) in [6.07, 6.45) is 5.96. The van der Waals surface area contributed by atoms with Crippen LogP contribution in [0.15, 0.2) is 12.4 Å². The average molecular weight is 253 g/mol. The van der Waals surface area contributed by atoms with Crippen molar-refractivity contribution in [1.29, 1.82) is 0 Å². The maximum absolute atomic E-state index is 12.9. The highest BCUT2D eigenvalue weighted by Crippen LogP contribution is 2.30. The molecule has 18 heavy (non-hydrogen) atoms. The van der Waals surface area contributed by atoms with Crippen molar-refractivity contribution < 1.29 is 9.13 Å². The van der Waals surface area contributed by atoms with Gasteiger partial charge in [-0.15, -0.1) is 0 Å². The van der Waals surface area contributed by atoms with E-state index in [1.165, 1.54) is 18.8 Å². The van der Waals surface area contributed by atoms with Gasteiger partial charge in [-0.3, -0.25) is 0 Å². The third-order valence-electron chi connectivity index (χ3n) is 3.51. The molecule has 0 N–H and O–H groups in total. The molecule has 100 valence electrons. The van der Waals surface area contributed by atoms with Gasteiger partial charge in [-0.2, -0.15) is 0 Å². The first-order valence-corrected chi connectivity index (χ1v) is 6.44. The molecule has 0 saturated heterocycles. The van der Waals surface area contributed by atoms with Gasteiger partial charge in [0.15, 0.2) is 5.82 Å². The van der Waals surface area contributed by atoms with E-state index in [1.54, 1.807) is 7.11 Å². The monoisotopic (exact) mass is 253 g/mol. The molecule has 0 aliphatic heterocycles. The molecule has 2 atom stereocenters. The van der Waals surface area contributed by atoms with Crippen LogP contribution in [0.4, 0.5) is 10.3 Å². The third-order valence-corrected chi connectivity index (χ3v) is 3.51. The summed E-state index contributed by atoms with van der Waals surface area (Å²) >= 11 is 0. The predicted octanol–water partition coefficient (Wildman–Crippen LogP) is 2.26. The van der Waals surface area contributed by atoms with Gasteiger partial charge in [-0.05, 0) is 25.2 Å². The molecule has 1 aliphatic carbocycles. The highest BCUT2D eigenvalue weighted by Gasteiger charge is 2.28. The number of aromatic nitrogens is 2. The van der Waals surface area contributed by atoms with Gasteiger partial charge in [0.25, 0.3) is 0 Å². The number of anilines is 1. The molecule has 1 saturated carbocycles. The Kier molecular flexibility index (Phi) is 4.47. The Morgan fingerprint density at radius 3 is 2.67 bits per heavy atom. The molecule has 5 heteroatoms. The van der Waals surface area contributed by atoms with Crippen LogP contribution in [0.25, 0.3) is 0 Å². The number of hydrogen-bond acceptors (Lipinski definition) is 4. The quantitative estimate of drug-likeness (QED) is 0.806. The standard InChI is InChI=1S/C13H20FN3O/c1-10-3-4-12(7-10)17(5-6-18-2)13-15-8-11(14)9-16-13/h8-10,12H,3-7H2,1-2H3. The summed E-state index contributed by atoms with van der Waals surface area (Å²) < 4.78 is 18.0. The van der Waals surface area contributed by atoms with Crippen LogP contribution in [0.3, 0.4) is 0 Å². The second kappa shape index (κ2) is 6.09. The minimum Gasteiger partial charge on any atom is -0.383 e. The van der Waals surface area contributed by atoms with Crippen LogP contribution < -0.4 is 4.90 Å². The molecule has 1 aromatic heterocycles. The van der Waals surface area contributed by atoms with Crippen molar-refractivity contribution in [2.45, 2.75) is 32.2 Å². The number of rotatable bonds is 5. The first-order chi connectivity index (χ1) is 8.70. The maximum atomic E-state index is 12.9. The van der Waals surface area contributed by atoms with E-state index in [2.05, 4.69) is 21.8 Å². The largest absolute Gasteiger partial charge is 0.383 e. The SMILES string of the molecule is COCCN(c1ncc(F)cn1)C1CCC(C)C1. The molecule has 2 unspecified atom stereocenters. The Balaban J connectivity index is 2.11. The van der Waals surface area contributed by atoms with Gasteiger partial charge in [0.1, 0.15) is 0 Å². The van der Waals surface area contributed by atoms with E-state index >= 15 is 0 Å². The van der Waals surface area contributed by atoms with Crippen LogP contribution in [0.1, 0.15) is 26.2 Å². The minimum atomic E-state index is -0.398. The van der Waals surface area contributed by atoms with E-state index in [1.807, 2.05) is 0 Å². The number of hydrogen-bond donors (Lipinski definition) is 0. The van der Waals surface area contributed by atoms with Gasteiger partial charge in [0.05, 0.1) is 19.0 Å². The molecule has 1 heterocycles. The van der Waals surface area contributed by atoms with Gasteiger partial charge < -0.3 is 9.64 Å². The van der Waals surface area contributed by atoms with Crippen LogP contribution in [-0.4, -0.2) is 36.3 Å². The summed E-state index contributed by atoms with van der Waals surface area (Å²) in [5.74, 6) is 0.943. The number of ether oxygens (including phenoxy) is 1. The fourth-order valence-electron chi connectivity index (χ4n) is 2.55. The van der Waals surface area contributed by atoms with Gasteiger partial charge in [0.2, 0.25) is 5.95 Å². The summed E-state index contributed by atoms with van der Waals surface area (Å²) in [7, 11) is 1.68. The molecule has 1 aliphatic rings. The van der Waals surface area contributed by atoms with Gasteiger partial charge in [-0.1, -0.05) is 6.92 Å². The zero-order valence-electron chi connectivity index (χ0n) is 11.0. The fraction of sp³-hybridized carbons (Fsp3) is 0.692. The predicted molar refractivity (Wildman–Crippen MR) is 68.0 cm³/mol. The second-order valence-corrected chi connectivity index (χ2v) is 4.96. The lowest BCUT2D eigenvalue weighted by molar-refractivity contribution is 0.202. The summed E-state index contributed by atoms with van der Waals surface area (Å²) in [4.78, 5) is 10.3. The smallest absolute Gasteiger partial charge is 0.225 e. The molecule has 0 radical (unpaired) electrons. The Morgan fingerprint density at radius 1 is 1.39 bits per heavy atom. The van der Waals surface area contributed by atoms with Crippen molar-refractivity contribution in [3.63, 3.8) is 0 Å². The van der Waals surface area contributed by atoms with Gasteiger partial charge in [0, 0.05) is 19.7 Å². The van der Waals surface area contributed by atoms with Crippen molar-refractivity contribution in [3.8, 4) is 0 Å². The van der Waals surface area contributed by atoms with Crippen molar-refractivity contribution in [2.24, 2.45) is 5.92 Å². The summed E-state index contributed by atoms with van der Waals surface area (Å²) in [6.45, 7) is 3.64. The molecule has 0 bridgehead atoms. The molecule has 1 aromatic rings. The molecular formula is C13H20FN3O. The Hall–Kier alpha value is -1.23. The van der Waals surface area contributed by atoms with Crippen molar-refractivity contribution in [1.82, 2.24) is 9.97 Å². The fourth-order valence-corrected chi connectivity index (χ4v) is 2.55. The van der Waals surface area contributed by atoms with E-state index < -0.39 is 5.82 Å². The molecule has 0 aromatic carbocycles. The number of nitrogens with zero attached hydrogens (tertiary/aromatic N) is 3. The van der Waals surface area contributed by atoms with Crippen molar-refractivity contribution >= 4 is 5.95 Å². The summed E-state index contributed by atoms with van der Waals surface area (Å²) in [6, 6.07) is 0.445. The van der Waals surface area contributed by atoms with Crippen molar-refractivity contribution in [3.05, 3.63) is 18.2 Å². The van der Waals surface area contributed by atoms with E-state index in [-0.39, 0.29) is 0 Å². The van der Waals surface area contributed by atoms with Crippen LogP contribution >= 0.6 is 0 Å². The lowest BCUT2D eigenvalue weighted by atomic mass is 10.1. The number of methoxy groups -OCH3 is 1. The van der Waals surface area contributed by atoms with E-state index in [9.17, 15) is 4.39 Å². The van der Waals surface area contributed by atoms with Crippen LogP contribution in [0.5, 0.6) is 0 Å². The van der Waals surface area contributed by atoms with Crippen LogP contribution in [0, 0.1) is 11.7 Å². The highest BCUT2D eigenvalue weighted by atomic mass is 19.1. The van der Waals surface area contributed by atoms with Crippen molar-refractivity contribution in [2.75, 3.05) is 25.2 Å². The van der Waals surface area contributed by atoms with E-state index in [0.717, 1.165) is 25.3 Å². The Labute approximate surface area is 107 Å². The summed E-state index contributed by atoms with van der Waals surface area (Å²) in [5.41, 5.74) is 0. The highest BCUT2D eigenvalue weighted by molar-refractivity contribution is 5.31. The summed E-state index contributed by atoms with van der Waals surface area (Å²) in [5, 5.41) is 0. The third kappa shape index (κ3) is 3.16. The van der Waals surface area contributed by atoms with E-state index in [4.69, 9.17) is 4.74 Å². The molecule has 0 amide bonds. The average Bonchev–Trinajstić information content (AvgIpc) is 2.78. The second-order valence-electron chi connectivity index (χ2n) is 4.96. The zero-order valence-corrected chi connectivity index (χ0v) is 11.0. The Morgan fingerprint density at radius 2 is 2.11 bits per heavy atom. The first-order valence-electron chi connectivity index (χ1n) is 6.44. The number of halogens is 1. The lowest BCUT2D eigenvalue weighted by Crippen LogP contribution is -2.37. The molecular weight excluding hydrogens is 233 g/mol. The zero-order chi connectivity index (χ0) is 13.0. The lowest BCUT2D eigenvalue weighted by Gasteiger charge is -2.28. The topological polar surface area (TPSA) is 38.2 Å².